The molecule has 11 heteroatoms. The SMILES string of the molecule is CN(C)S(=O)(=O)N1CCN(C(=O)[C@H]2CC(=O)N(c3n[nH]c4ccccc34)C2)CC1. The third-order valence-corrected chi connectivity index (χ3v) is 7.46. The molecule has 2 aliphatic rings. The lowest BCUT2D eigenvalue weighted by molar-refractivity contribution is -0.137. The predicted molar refractivity (Wildman–Crippen MR) is 107 cm³/mol. The molecular formula is C18H24N6O4S. The number of H-pyrrole nitrogens is 1. The molecule has 1 N–H and O–H groups in total. The topological polar surface area (TPSA) is 110 Å². The van der Waals surface area contributed by atoms with E-state index in [0.29, 0.717) is 18.9 Å². The molecule has 10 nitrogen and oxygen atoms in total. The number of benzene rings is 1. The molecule has 1 aromatic carbocycles. The van der Waals surface area contributed by atoms with E-state index in [0.717, 1.165) is 10.9 Å². The number of aromatic amines is 1. The molecule has 2 fully saturated rings. The van der Waals surface area contributed by atoms with E-state index in [1.54, 1.807) is 9.80 Å². The average Bonchev–Trinajstić information content (AvgIpc) is 3.30. The van der Waals surface area contributed by atoms with Crippen LogP contribution in [-0.2, 0) is 19.8 Å². The van der Waals surface area contributed by atoms with Crippen LogP contribution in [0.25, 0.3) is 10.9 Å². The number of hydrogen-bond donors (Lipinski definition) is 1. The Morgan fingerprint density at radius 2 is 1.86 bits per heavy atom. The fraction of sp³-hybridized carbons (Fsp3) is 0.500. The first kappa shape index (κ1) is 19.8. The highest BCUT2D eigenvalue weighted by Gasteiger charge is 2.40. The molecule has 2 aromatic rings. The summed E-state index contributed by atoms with van der Waals surface area (Å²) in [6.45, 7) is 1.42. The van der Waals surface area contributed by atoms with Crippen molar-refractivity contribution in [2.24, 2.45) is 5.92 Å². The summed E-state index contributed by atoms with van der Waals surface area (Å²) in [5.41, 5.74) is 0.836. The molecule has 2 saturated heterocycles. The van der Waals surface area contributed by atoms with Gasteiger partial charge in [0.25, 0.3) is 10.2 Å². The number of carbonyl (C=O) groups excluding carboxylic acids is 2. The fourth-order valence-electron chi connectivity index (χ4n) is 3.86. The average molecular weight is 420 g/mol. The quantitative estimate of drug-likeness (QED) is 0.741. The number of piperazine rings is 1. The number of para-hydroxylation sites is 1. The molecular weight excluding hydrogens is 396 g/mol. The van der Waals surface area contributed by atoms with Gasteiger partial charge in [-0.2, -0.15) is 22.1 Å². The molecule has 0 aliphatic carbocycles. The largest absolute Gasteiger partial charge is 0.340 e. The van der Waals surface area contributed by atoms with Crippen molar-refractivity contribution < 1.29 is 18.0 Å². The Hall–Kier alpha value is -2.50. The number of carbonyl (C=O) groups is 2. The van der Waals surface area contributed by atoms with Crippen molar-refractivity contribution in [3.8, 4) is 0 Å². The van der Waals surface area contributed by atoms with Gasteiger partial charge in [0.15, 0.2) is 5.82 Å². The van der Waals surface area contributed by atoms with E-state index in [9.17, 15) is 18.0 Å². The lowest BCUT2D eigenvalue weighted by atomic mass is 10.1. The summed E-state index contributed by atoms with van der Waals surface area (Å²) in [5, 5.41) is 8.02. The van der Waals surface area contributed by atoms with Gasteiger partial charge in [-0.15, -0.1) is 0 Å². The molecule has 0 bridgehead atoms. The molecule has 1 aromatic heterocycles. The van der Waals surface area contributed by atoms with E-state index in [1.165, 1.54) is 22.7 Å². The predicted octanol–water partition coefficient (Wildman–Crippen LogP) is -0.134. The van der Waals surface area contributed by atoms with Gasteiger partial charge in [-0.05, 0) is 12.1 Å². The molecule has 156 valence electrons. The van der Waals surface area contributed by atoms with Crippen molar-refractivity contribution in [2.45, 2.75) is 6.42 Å². The molecule has 0 radical (unpaired) electrons. The zero-order chi connectivity index (χ0) is 20.8. The van der Waals surface area contributed by atoms with E-state index in [1.807, 2.05) is 24.3 Å². The van der Waals surface area contributed by atoms with Crippen LogP contribution in [0.5, 0.6) is 0 Å². The van der Waals surface area contributed by atoms with Crippen molar-refractivity contribution >= 4 is 38.7 Å². The third-order valence-electron chi connectivity index (χ3n) is 5.52. The molecule has 0 spiro atoms. The zero-order valence-corrected chi connectivity index (χ0v) is 17.2. The van der Waals surface area contributed by atoms with E-state index >= 15 is 0 Å². The van der Waals surface area contributed by atoms with Gasteiger partial charge >= 0.3 is 0 Å². The Balaban J connectivity index is 1.43. The summed E-state index contributed by atoms with van der Waals surface area (Å²) < 4.78 is 27.0. The first-order valence-electron chi connectivity index (χ1n) is 9.49. The Morgan fingerprint density at radius 1 is 1.17 bits per heavy atom. The fourth-order valence-corrected chi connectivity index (χ4v) is 4.95. The van der Waals surface area contributed by atoms with Crippen molar-refractivity contribution in [3.63, 3.8) is 0 Å². The van der Waals surface area contributed by atoms with Crippen LogP contribution in [0.4, 0.5) is 5.82 Å². The van der Waals surface area contributed by atoms with E-state index in [2.05, 4.69) is 10.2 Å². The lowest BCUT2D eigenvalue weighted by Crippen LogP contribution is -2.54. The smallest absolute Gasteiger partial charge is 0.281 e. The monoisotopic (exact) mass is 420 g/mol. The van der Waals surface area contributed by atoms with Crippen molar-refractivity contribution in [1.29, 1.82) is 0 Å². The number of nitrogens with one attached hydrogen (secondary N) is 1. The number of hydrogen-bond acceptors (Lipinski definition) is 5. The lowest BCUT2D eigenvalue weighted by Gasteiger charge is -2.36. The maximum Gasteiger partial charge on any atom is 0.281 e. The minimum absolute atomic E-state index is 0.109. The third kappa shape index (κ3) is 3.49. The Bertz CT molecular complexity index is 1040. The van der Waals surface area contributed by atoms with Crippen LogP contribution in [0.2, 0.25) is 0 Å². The van der Waals surface area contributed by atoms with Crippen molar-refractivity contribution in [2.75, 3.05) is 51.7 Å². The van der Waals surface area contributed by atoms with Gasteiger partial charge in [0.1, 0.15) is 0 Å². The highest BCUT2D eigenvalue weighted by molar-refractivity contribution is 7.86. The summed E-state index contributed by atoms with van der Waals surface area (Å²) >= 11 is 0. The first-order chi connectivity index (χ1) is 13.8. The van der Waals surface area contributed by atoms with Gasteiger partial charge in [-0.1, -0.05) is 12.1 Å². The molecule has 1 atom stereocenters. The van der Waals surface area contributed by atoms with Gasteiger partial charge in [-0.3, -0.25) is 19.6 Å². The highest BCUT2D eigenvalue weighted by atomic mass is 32.2. The number of anilines is 1. The Kier molecular flexibility index (Phi) is 5.05. The minimum Gasteiger partial charge on any atom is -0.340 e. The maximum atomic E-state index is 13.0. The van der Waals surface area contributed by atoms with Crippen LogP contribution in [-0.4, -0.2) is 90.8 Å². The molecule has 3 heterocycles. The second-order valence-corrected chi connectivity index (χ2v) is 9.66. The van der Waals surface area contributed by atoms with Crippen molar-refractivity contribution in [1.82, 2.24) is 23.7 Å². The van der Waals surface area contributed by atoms with Crippen LogP contribution in [0.3, 0.4) is 0 Å². The van der Waals surface area contributed by atoms with Crippen LogP contribution in [0.1, 0.15) is 6.42 Å². The second kappa shape index (κ2) is 7.39. The Labute approximate surface area is 169 Å². The van der Waals surface area contributed by atoms with Crippen LogP contribution < -0.4 is 4.90 Å². The summed E-state index contributed by atoms with van der Waals surface area (Å²) in [5.74, 6) is -0.144. The van der Waals surface area contributed by atoms with Gasteiger partial charge < -0.3 is 4.90 Å². The van der Waals surface area contributed by atoms with Crippen LogP contribution in [0.15, 0.2) is 24.3 Å². The number of rotatable bonds is 4. The minimum atomic E-state index is -3.48. The van der Waals surface area contributed by atoms with E-state index < -0.39 is 16.1 Å². The summed E-state index contributed by atoms with van der Waals surface area (Å²) in [7, 11) is -0.501. The number of nitrogens with zero attached hydrogens (tertiary/aromatic N) is 5. The van der Waals surface area contributed by atoms with Gasteiger partial charge in [0.05, 0.1) is 11.4 Å². The molecule has 0 unspecified atom stereocenters. The van der Waals surface area contributed by atoms with Crippen LogP contribution >= 0.6 is 0 Å². The highest BCUT2D eigenvalue weighted by Crippen LogP contribution is 2.30. The number of aromatic nitrogens is 2. The number of fused-ring (bicyclic) bond motifs is 1. The van der Waals surface area contributed by atoms with Crippen molar-refractivity contribution in [3.05, 3.63) is 24.3 Å². The molecule has 4 rings (SSSR count). The molecule has 0 saturated carbocycles. The van der Waals surface area contributed by atoms with Gasteiger partial charge in [0.2, 0.25) is 11.8 Å². The molecule has 2 amide bonds. The van der Waals surface area contributed by atoms with Crippen LogP contribution in [0, 0.1) is 5.92 Å². The Morgan fingerprint density at radius 3 is 2.55 bits per heavy atom. The van der Waals surface area contributed by atoms with E-state index in [4.69, 9.17) is 0 Å². The first-order valence-corrected chi connectivity index (χ1v) is 10.9. The van der Waals surface area contributed by atoms with Gasteiger partial charge in [0, 0.05) is 58.6 Å². The summed E-state index contributed by atoms with van der Waals surface area (Å²) in [6.07, 6.45) is 0.135. The summed E-state index contributed by atoms with van der Waals surface area (Å²) in [6, 6.07) is 7.54. The summed E-state index contributed by atoms with van der Waals surface area (Å²) in [4.78, 5) is 28.8. The molecule has 2 aliphatic heterocycles. The van der Waals surface area contributed by atoms with Gasteiger partial charge in [-0.25, -0.2) is 0 Å². The number of amides is 2. The second-order valence-electron chi connectivity index (χ2n) is 7.51. The van der Waals surface area contributed by atoms with E-state index in [-0.39, 0.29) is 37.9 Å². The maximum absolute atomic E-state index is 13.0. The molecule has 29 heavy (non-hydrogen) atoms. The zero-order valence-electron chi connectivity index (χ0n) is 16.4. The normalized spacial score (nSPS) is 21.5. The standard InChI is InChI=1S/C18H24N6O4S/c1-21(2)29(27,28)23-9-7-22(8-10-23)18(26)13-11-16(25)24(12-13)17-14-5-3-4-6-15(14)19-20-17/h3-6,13H,7-12H2,1-2H3,(H,19,20)/t13-/m0/s1.